The summed E-state index contributed by atoms with van der Waals surface area (Å²) < 4.78 is 1.95. The first kappa shape index (κ1) is 15.6. The van der Waals surface area contributed by atoms with E-state index < -0.39 is 0 Å². The van der Waals surface area contributed by atoms with E-state index >= 15 is 0 Å². The summed E-state index contributed by atoms with van der Waals surface area (Å²) in [6.45, 7) is 0.400. The predicted molar refractivity (Wildman–Crippen MR) is 89.3 cm³/mol. The van der Waals surface area contributed by atoms with E-state index in [0.717, 1.165) is 10.9 Å². The Morgan fingerprint density at radius 1 is 1.35 bits per heavy atom. The van der Waals surface area contributed by atoms with E-state index in [2.05, 4.69) is 25.3 Å². The lowest BCUT2D eigenvalue weighted by Crippen LogP contribution is -2.24. The first-order valence-corrected chi connectivity index (χ1v) is 8.85. The smallest absolute Gasteiger partial charge is 0.271 e. The number of amides is 1. The van der Waals surface area contributed by atoms with E-state index in [0.29, 0.717) is 23.1 Å². The number of thiazole rings is 1. The number of nitrogens with zero attached hydrogens (tertiary/aromatic N) is 5. The molecule has 3 heterocycles. The van der Waals surface area contributed by atoms with Crippen LogP contribution >= 0.6 is 23.1 Å². The minimum Gasteiger partial charge on any atom is -0.345 e. The van der Waals surface area contributed by atoms with Crippen molar-refractivity contribution in [3.63, 3.8) is 0 Å². The van der Waals surface area contributed by atoms with Gasteiger partial charge in [-0.3, -0.25) is 4.79 Å². The summed E-state index contributed by atoms with van der Waals surface area (Å²) in [6.07, 6.45) is 7.02. The maximum atomic E-state index is 12.2. The first-order chi connectivity index (χ1) is 11.2. The van der Waals surface area contributed by atoms with Gasteiger partial charge in [-0.05, 0) is 12.3 Å². The number of imidazole rings is 1. The summed E-state index contributed by atoms with van der Waals surface area (Å²) in [6, 6.07) is 1.74. The van der Waals surface area contributed by atoms with Gasteiger partial charge >= 0.3 is 0 Å². The van der Waals surface area contributed by atoms with E-state index in [4.69, 9.17) is 0 Å². The Labute approximate surface area is 141 Å². The Morgan fingerprint density at radius 3 is 2.83 bits per heavy atom. The number of hydrogen-bond acceptors (Lipinski definition) is 7. The Kier molecular flexibility index (Phi) is 4.68. The van der Waals surface area contributed by atoms with Crippen molar-refractivity contribution in [2.45, 2.75) is 11.7 Å². The summed E-state index contributed by atoms with van der Waals surface area (Å²) >= 11 is 2.91. The molecule has 0 unspecified atom stereocenters. The van der Waals surface area contributed by atoms with Gasteiger partial charge in [0.25, 0.3) is 5.91 Å². The summed E-state index contributed by atoms with van der Waals surface area (Å²) in [4.78, 5) is 29.0. The van der Waals surface area contributed by atoms with Gasteiger partial charge in [-0.2, -0.15) is 0 Å². The Balaban J connectivity index is 1.67. The first-order valence-electron chi connectivity index (χ1n) is 6.74. The highest BCUT2D eigenvalue weighted by Gasteiger charge is 2.14. The third-order valence-corrected chi connectivity index (χ3v) is 4.73. The van der Waals surface area contributed by atoms with Crippen LogP contribution in [0.2, 0.25) is 0 Å². The van der Waals surface area contributed by atoms with Gasteiger partial charge < -0.3 is 9.88 Å². The van der Waals surface area contributed by atoms with Crippen molar-refractivity contribution >= 4 is 29.0 Å². The highest BCUT2D eigenvalue weighted by atomic mass is 32.2. The van der Waals surface area contributed by atoms with Crippen molar-refractivity contribution in [2.24, 2.45) is 7.05 Å². The quantitative estimate of drug-likeness (QED) is 0.711. The third kappa shape index (κ3) is 3.40. The van der Waals surface area contributed by atoms with Gasteiger partial charge in [0.1, 0.15) is 5.69 Å². The largest absolute Gasteiger partial charge is 0.345 e. The van der Waals surface area contributed by atoms with Crippen LogP contribution in [0.3, 0.4) is 0 Å². The van der Waals surface area contributed by atoms with Crippen LogP contribution in [0.1, 0.15) is 16.2 Å². The zero-order valence-electron chi connectivity index (χ0n) is 12.6. The lowest BCUT2D eigenvalue weighted by atomic mass is 10.4. The highest BCUT2D eigenvalue weighted by Crippen LogP contribution is 2.19. The molecule has 0 aliphatic carbocycles. The Hall–Kier alpha value is -2.26. The minimum atomic E-state index is -0.227. The standard InChI is InChI=1S/C14H14N6OS2/c1-20-9(7-18-14(20)22-2)6-17-12(21)10-8-23-13(19-10)11-15-4-3-5-16-11/h3-5,7-8H,6H2,1-2H3,(H,17,21). The number of carbonyl (C=O) groups is 1. The van der Waals surface area contributed by atoms with Crippen LogP contribution < -0.4 is 5.32 Å². The Morgan fingerprint density at radius 2 is 2.13 bits per heavy atom. The molecular weight excluding hydrogens is 332 g/mol. The molecule has 23 heavy (non-hydrogen) atoms. The molecule has 3 aromatic rings. The number of aromatic nitrogens is 5. The van der Waals surface area contributed by atoms with Crippen LogP contribution in [-0.4, -0.2) is 36.7 Å². The number of nitrogens with one attached hydrogen (secondary N) is 1. The van der Waals surface area contributed by atoms with Crippen molar-refractivity contribution < 1.29 is 4.79 Å². The van der Waals surface area contributed by atoms with Crippen LogP contribution in [0.5, 0.6) is 0 Å². The van der Waals surface area contributed by atoms with Gasteiger partial charge in [0.2, 0.25) is 0 Å². The summed E-state index contributed by atoms with van der Waals surface area (Å²) in [5.74, 6) is 0.295. The zero-order valence-corrected chi connectivity index (χ0v) is 14.2. The van der Waals surface area contributed by atoms with Crippen LogP contribution in [-0.2, 0) is 13.6 Å². The van der Waals surface area contributed by atoms with Crippen molar-refractivity contribution in [3.8, 4) is 10.8 Å². The molecule has 3 rings (SSSR count). The number of rotatable bonds is 5. The maximum Gasteiger partial charge on any atom is 0.271 e. The molecule has 0 aliphatic heterocycles. The van der Waals surface area contributed by atoms with Gasteiger partial charge in [-0.1, -0.05) is 11.8 Å². The molecule has 0 aromatic carbocycles. The monoisotopic (exact) mass is 346 g/mol. The van der Waals surface area contributed by atoms with Crippen LogP contribution in [0.15, 0.2) is 35.2 Å². The van der Waals surface area contributed by atoms with E-state index in [1.54, 1.807) is 41.8 Å². The molecule has 7 nitrogen and oxygen atoms in total. The molecule has 1 amide bonds. The van der Waals surface area contributed by atoms with Gasteiger partial charge in [0.05, 0.1) is 18.4 Å². The Bertz CT molecular complexity index is 814. The van der Waals surface area contributed by atoms with Crippen molar-refractivity contribution in [1.82, 2.24) is 29.8 Å². The van der Waals surface area contributed by atoms with Crippen LogP contribution in [0.4, 0.5) is 0 Å². The average molecular weight is 346 g/mol. The lowest BCUT2D eigenvalue weighted by molar-refractivity contribution is 0.0946. The number of hydrogen-bond donors (Lipinski definition) is 1. The van der Waals surface area contributed by atoms with Crippen molar-refractivity contribution in [1.29, 1.82) is 0 Å². The summed E-state index contributed by atoms with van der Waals surface area (Å²) in [7, 11) is 1.92. The number of carbonyl (C=O) groups excluding carboxylic acids is 1. The number of thioether (sulfide) groups is 1. The predicted octanol–water partition coefficient (Wildman–Crippen LogP) is 1.99. The second-order valence-corrected chi connectivity index (χ2v) is 6.22. The molecule has 0 radical (unpaired) electrons. The molecule has 118 valence electrons. The fourth-order valence-electron chi connectivity index (χ4n) is 1.93. The zero-order chi connectivity index (χ0) is 16.2. The van der Waals surface area contributed by atoms with Gasteiger partial charge in [0, 0.05) is 24.8 Å². The topological polar surface area (TPSA) is 85.6 Å². The molecule has 0 fully saturated rings. The lowest BCUT2D eigenvalue weighted by Gasteiger charge is -2.05. The van der Waals surface area contributed by atoms with E-state index in [-0.39, 0.29) is 5.91 Å². The normalized spacial score (nSPS) is 10.7. The van der Waals surface area contributed by atoms with Crippen LogP contribution in [0.25, 0.3) is 10.8 Å². The molecule has 0 saturated heterocycles. The fraction of sp³-hybridized carbons (Fsp3) is 0.214. The molecular formula is C14H14N6OS2. The van der Waals surface area contributed by atoms with E-state index in [9.17, 15) is 4.79 Å². The molecule has 3 aromatic heterocycles. The maximum absolute atomic E-state index is 12.2. The molecule has 9 heteroatoms. The third-order valence-electron chi connectivity index (χ3n) is 3.15. The summed E-state index contributed by atoms with van der Waals surface area (Å²) in [5.41, 5.74) is 1.30. The van der Waals surface area contributed by atoms with Crippen LogP contribution in [0, 0.1) is 0 Å². The molecule has 0 bridgehead atoms. The van der Waals surface area contributed by atoms with E-state index in [1.165, 1.54) is 11.3 Å². The second kappa shape index (κ2) is 6.88. The van der Waals surface area contributed by atoms with Crippen molar-refractivity contribution in [3.05, 3.63) is 41.4 Å². The SMILES string of the molecule is CSc1ncc(CNC(=O)c2csc(-c3ncccn3)n2)n1C. The minimum absolute atomic E-state index is 0.227. The highest BCUT2D eigenvalue weighted by molar-refractivity contribution is 7.98. The molecule has 0 saturated carbocycles. The molecule has 0 atom stereocenters. The van der Waals surface area contributed by atoms with Gasteiger partial charge in [0.15, 0.2) is 16.0 Å². The van der Waals surface area contributed by atoms with Gasteiger partial charge in [-0.25, -0.2) is 19.9 Å². The van der Waals surface area contributed by atoms with Gasteiger partial charge in [-0.15, -0.1) is 11.3 Å². The second-order valence-electron chi connectivity index (χ2n) is 4.59. The van der Waals surface area contributed by atoms with E-state index in [1.807, 2.05) is 17.9 Å². The molecule has 1 N–H and O–H groups in total. The van der Waals surface area contributed by atoms with Crippen molar-refractivity contribution in [2.75, 3.05) is 6.26 Å². The molecule has 0 aliphatic rings. The fourth-order valence-corrected chi connectivity index (χ4v) is 3.23. The molecule has 0 spiro atoms. The summed E-state index contributed by atoms with van der Waals surface area (Å²) in [5, 5.41) is 6.09. The average Bonchev–Trinajstić information content (AvgIpc) is 3.20.